The van der Waals surface area contributed by atoms with Crippen molar-refractivity contribution in [2.24, 2.45) is 7.05 Å². The van der Waals surface area contributed by atoms with E-state index >= 15 is 0 Å². The number of fused-ring (bicyclic) bond motifs is 1. The Bertz CT molecular complexity index is 696. The first-order valence-electron chi connectivity index (χ1n) is 5.24. The van der Waals surface area contributed by atoms with Crippen LogP contribution in [0, 0.1) is 5.82 Å². The Hall–Kier alpha value is -1.08. The van der Waals surface area contributed by atoms with Gasteiger partial charge in [0, 0.05) is 6.07 Å². The van der Waals surface area contributed by atoms with Gasteiger partial charge in [0.25, 0.3) is 0 Å². The maximum Gasteiger partial charge on any atom is 0.178 e. The fourth-order valence-electron chi connectivity index (χ4n) is 1.74. The van der Waals surface area contributed by atoms with Gasteiger partial charge in [0.2, 0.25) is 0 Å². The summed E-state index contributed by atoms with van der Waals surface area (Å²) in [4.78, 5) is 4.50. The van der Waals surface area contributed by atoms with Crippen molar-refractivity contribution < 1.29 is 32.9 Å². The normalized spacial score (nSPS) is 10.3. The first-order chi connectivity index (χ1) is 8.22. The Labute approximate surface area is 125 Å². The molecule has 2 nitrogen and oxygen atoms in total. The molecule has 0 fully saturated rings. The number of benzene rings is 1. The van der Waals surface area contributed by atoms with Gasteiger partial charge in [-0.15, -0.1) is 11.3 Å². The van der Waals surface area contributed by atoms with Gasteiger partial charge in [-0.2, -0.15) is 0 Å². The van der Waals surface area contributed by atoms with Crippen LogP contribution in [0.15, 0.2) is 42.7 Å². The van der Waals surface area contributed by atoms with E-state index in [0.29, 0.717) is 0 Å². The maximum atomic E-state index is 13.1. The maximum absolute atomic E-state index is 13.1. The lowest BCUT2D eigenvalue weighted by Gasteiger charge is -1.92. The lowest BCUT2D eigenvalue weighted by Crippen LogP contribution is -3.00. The van der Waals surface area contributed by atoms with Gasteiger partial charge in [-0.05, 0) is 24.3 Å². The zero-order chi connectivity index (χ0) is 11.8. The summed E-state index contributed by atoms with van der Waals surface area (Å²) in [5.41, 5.74) is 1.90. The van der Waals surface area contributed by atoms with Gasteiger partial charge in [0.05, 0.1) is 15.8 Å². The van der Waals surface area contributed by atoms with Gasteiger partial charge >= 0.3 is 0 Å². The molecule has 0 saturated heterocycles. The van der Waals surface area contributed by atoms with Gasteiger partial charge in [0.1, 0.15) is 17.9 Å². The van der Waals surface area contributed by atoms with E-state index in [9.17, 15) is 4.39 Å². The van der Waals surface area contributed by atoms with Crippen LogP contribution in [0.3, 0.4) is 0 Å². The first-order valence-corrected chi connectivity index (χ1v) is 6.06. The van der Waals surface area contributed by atoms with Crippen LogP contribution in [0.1, 0.15) is 0 Å². The van der Waals surface area contributed by atoms with Crippen LogP contribution in [-0.2, 0) is 7.05 Å². The number of pyridine rings is 1. The minimum Gasteiger partial charge on any atom is -1.00 e. The van der Waals surface area contributed by atoms with Crippen molar-refractivity contribution in [1.29, 1.82) is 0 Å². The highest BCUT2D eigenvalue weighted by Crippen LogP contribution is 2.29. The Morgan fingerprint density at radius 1 is 1.28 bits per heavy atom. The Kier molecular flexibility index (Phi) is 3.91. The van der Waals surface area contributed by atoms with Crippen molar-refractivity contribution in [3.63, 3.8) is 0 Å². The summed E-state index contributed by atoms with van der Waals surface area (Å²) in [6, 6.07) is 8.67. The molecule has 0 bridgehead atoms. The molecule has 0 aliphatic rings. The molecule has 2 heterocycles. The highest BCUT2D eigenvalue weighted by atomic mass is 127. The van der Waals surface area contributed by atoms with E-state index in [4.69, 9.17) is 0 Å². The Balaban J connectivity index is 0.00000120. The van der Waals surface area contributed by atoms with Crippen LogP contribution < -0.4 is 28.5 Å². The predicted octanol–water partition coefficient (Wildman–Crippen LogP) is -0.0691. The SMILES string of the molecule is C[n+]1cccc(-c2nc3ccc(F)cc3s2)c1.[I-]. The van der Waals surface area contributed by atoms with Gasteiger partial charge in [0.15, 0.2) is 12.4 Å². The summed E-state index contributed by atoms with van der Waals surface area (Å²) in [5.74, 6) is -0.216. The molecule has 92 valence electrons. The lowest BCUT2D eigenvalue weighted by molar-refractivity contribution is -0.671. The van der Waals surface area contributed by atoms with E-state index in [1.807, 2.05) is 36.1 Å². The summed E-state index contributed by atoms with van der Waals surface area (Å²) in [6.45, 7) is 0. The van der Waals surface area contributed by atoms with Crippen molar-refractivity contribution in [2.45, 2.75) is 0 Å². The molecule has 1 aromatic carbocycles. The molecule has 3 aromatic rings. The van der Waals surface area contributed by atoms with E-state index < -0.39 is 0 Å². The van der Waals surface area contributed by atoms with Crippen molar-refractivity contribution in [2.75, 3.05) is 0 Å². The minimum atomic E-state index is -0.216. The van der Waals surface area contributed by atoms with Crippen LogP contribution in [0.5, 0.6) is 0 Å². The second-order valence-corrected chi connectivity index (χ2v) is 4.92. The minimum absolute atomic E-state index is 0. The quantitative estimate of drug-likeness (QED) is 0.432. The fraction of sp³-hybridized carbons (Fsp3) is 0.0769. The molecule has 3 rings (SSSR count). The van der Waals surface area contributed by atoms with Gasteiger partial charge < -0.3 is 24.0 Å². The molecule has 0 N–H and O–H groups in total. The number of aromatic nitrogens is 2. The van der Waals surface area contributed by atoms with Crippen LogP contribution in [0.4, 0.5) is 4.39 Å². The van der Waals surface area contributed by atoms with Crippen molar-refractivity contribution in [1.82, 2.24) is 4.98 Å². The third-order valence-corrected chi connectivity index (χ3v) is 3.60. The molecule has 2 aromatic heterocycles. The molecule has 5 heteroatoms. The van der Waals surface area contributed by atoms with E-state index in [2.05, 4.69) is 4.98 Å². The number of rotatable bonds is 1. The number of aryl methyl sites for hydroxylation is 1. The predicted molar refractivity (Wildman–Crippen MR) is 66.2 cm³/mol. The smallest absolute Gasteiger partial charge is 0.178 e. The van der Waals surface area contributed by atoms with E-state index in [1.54, 1.807) is 6.07 Å². The second kappa shape index (κ2) is 5.27. The first kappa shape index (κ1) is 13.4. The highest BCUT2D eigenvalue weighted by Gasteiger charge is 2.09. The fourth-order valence-corrected chi connectivity index (χ4v) is 2.72. The summed E-state index contributed by atoms with van der Waals surface area (Å²) < 4.78 is 15.9. The van der Waals surface area contributed by atoms with E-state index in [0.717, 1.165) is 20.8 Å². The number of nitrogens with zero attached hydrogens (tertiary/aromatic N) is 2. The Morgan fingerprint density at radius 3 is 2.89 bits per heavy atom. The summed E-state index contributed by atoms with van der Waals surface area (Å²) in [5, 5.41) is 0.918. The van der Waals surface area contributed by atoms with Crippen molar-refractivity contribution in [3.05, 3.63) is 48.5 Å². The summed E-state index contributed by atoms with van der Waals surface area (Å²) >= 11 is 1.51. The summed E-state index contributed by atoms with van der Waals surface area (Å²) in [6.07, 6.45) is 3.98. The number of hydrogen-bond donors (Lipinski definition) is 0. The molecular formula is C13H10FIN2S. The average molecular weight is 372 g/mol. The number of thiazole rings is 1. The molecule has 0 aliphatic heterocycles. The van der Waals surface area contributed by atoms with Gasteiger partial charge in [-0.25, -0.2) is 13.9 Å². The average Bonchev–Trinajstić information content (AvgIpc) is 2.72. The molecular weight excluding hydrogens is 362 g/mol. The molecule has 0 aliphatic carbocycles. The largest absolute Gasteiger partial charge is 1.00 e. The van der Waals surface area contributed by atoms with Crippen LogP contribution in [0.25, 0.3) is 20.8 Å². The lowest BCUT2D eigenvalue weighted by atomic mass is 10.3. The van der Waals surface area contributed by atoms with E-state index in [-0.39, 0.29) is 29.8 Å². The third kappa shape index (κ3) is 2.51. The third-order valence-electron chi connectivity index (χ3n) is 2.54. The zero-order valence-corrected chi connectivity index (χ0v) is 12.6. The Morgan fingerprint density at radius 2 is 2.11 bits per heavy atom. The topological polar surface area (TPSA) is 16.8 Å². The van der Waals surface area contributed by atoms with Crippen LogP contribution in [0.2, 0.25) is 0 Å². The van der Waals surface area contributed by atoms with Gasteiger partial charge in [-0.3, -0.25) is 0 Å². The van der Waals surface area contributed by atoms with E-state index in [1.165, 1.54) is 23.5 Å². The van der Waals surface area contributed by atoms with Crippen LogP contribution >= 0.6 is 11.3 Å². The highest BCUT2D eigenvalue weighted by molar-refractivity contribution is 7.21. The monoisotopic (exact) mass is 372 g/mol. The molecule has 0 radical (unpaired) electrons. The number of halogens is 2. The molecule has 0 amide bonds. The van der Waals surface area contributed by atoms with Crippen molar-refractivity contribution in [3.8, 4) is 10.6 Å². The molecule has 0 saturated carbocycles. The molecule has 0 spiro atoms. The second-order valence-electron chi connectivity index (χ2n) is 3.89. The van der Waals surface area contributed by atoms with Crippen LogP contribution in [-0.4, -0.2) is 4.98 Å². The number of hydrogen-bond acceptors (Lipinski definition) is 2. The molecule has 0 unspecified atom stereocenters. The zero-order valence-electron chi connectivity index (χ0n) is 9.60. The molecule has 0 atom stereocenters. The standard InChI is InChI=1S/C13H10FN2S.HI/c1-16-6-2-3-9(8-16)13-15-11-5-4-10(14)7-12(11)17-13;/h2-8H,1H3;1H/q+1;/p-1. The molecule has 18 heavy (non-hydrogen) atoms. The summed E-state index contributed by atoms with van der Waals surface area (Å²) in [7, 11) is 1.97. The van der Waals surface area contributed by atoms with Gasteiger partial charge in [-0.1, -0.05) is 0 Å². The van der Waals surface area contributed by atoms with Crippen molar-refractivity contribution >= 4 is 21.6 Å².